The van der Waals surface area contributed by atoms with E-state index in [0.29, 0.717) is 21.8 Å². The minimum absolute atomic E-state index is 0.198. The van der Waals surface area contributed by atoms with Gasteiger partial charge in [0, 0.05) is 29.6 Å². The molecule has 0 aliphatic heterocycles. The van der Waals surface area contributed by atoms with Crippen LogP contribution < -0.4 is 0 Å². The number of aliphatic hydroxyl groups is 2. The van der Waals surface area contributed by atoms with Gasteiger partial charge in [-0.15, -0.1) is 0 Å². The molecule has 1 aromatic carbocycles. The molecule has 23 heavy (non-hydrogen) atoms. The molecule has 0 saturated carbocycles. The SMILES string of the molecule is CN(CC(C)(CO)CO)C(=O)c1conc1-c1ccc(Cl)cc1. The van der Waals surface area contributed by atoms with Crippen molar-refractivity contribution in [3.8, 4) is 11.3 Å². The predicted octanol–water partition coefficient (Wildman–Crippen LogP) is 2.06. The Labute approximate surface area is 139 Å². The average molecular weight is 339 g/mol. The van der Waals surface area contributed by atoms with Crippen molar-refractivity contribution >= 4 is 17.5 Å². The van der Waals surface area contributed by atoms with Gasteiger partial charge in [0.25, 0.3) is 5.91 Å². The van der Waals surface area contributed by atoms with Crippen molar-refractivity contribution in [1.29, 1.82) is 0 Å². The van der Waals surface area contributed by atoms with E-state index >= 15 is 0 Å². The van der Waals surface area contributed by atoms with Crippen LogP contribution in [0.3, 0.4) is 0 Å². The van der Waals surface area contributed by atoms with Crippen molar-refractivity contribution in [3.05, 3.63) is 41.1 Å². The van der Waals surface area contributed by atoms with Crippen molar-refractivity contribution in [1.82, 2.24) is 10.1 Å². The lowest BCUT2D eigenvalue weighted by atomic mass is 9.92. The Bertz CT molecular complexity index is 665. The molecule has 0 bridgehead atoms. The van der Waals surface area contributed by atoms with Crippen LogP contribution in [0.5, 0.6) is 0 Å². The van der Waals surface area contributed by atoms with Crippen molar-refractivity contribution in [2.24, 2.45) is 5.41 Å². The second-order valence-electron chi connectivity index (χ2n) is 5.87. The van der Waals surface area contributed by atoms with Crippen molar-refractivity contribution < 1.29 is 19.5 Å². The van der Waals surface area contributed by atoms with Crippen LogP contribution in [0.15, 0.2) is 35.1 Å². The topological polar surface area (TPSA) is 86.8 Å². The van der Waals surface area contributed by atoms with Crippen LogP contribution in [0.4, 0.5) is 0 Å². The molecule has 0 spiro atoms. The molecular weight excluding hydrogens is 320 g/mol. The fourth-order valence-electron chi connectivity index (χ4n) is 2.20. The maximum Gasteiger partial charge on any atom is 0.259 e. The van der Waals surface area contributed by atoms with Gasteiger partial charge in [0.15, 0.2) is 0 Å². The highest BCUT2D eigenvalue weighted by atomic mass is 35.5. The third kappa shape index (κ3) is 3.90. The van der Waals surface area contributed by atoms with Gasteiger partial charge in [-0.3, -0.25) is 4.79 Å². The summed E-state index contributed by atoms with van der Waals surface area (Å²) in [7, 11) is 1.60. The van der Waals surface area contributed by atoms with Crippen molar-refractivity contribution in [2.45, 2.75) is 6.92 Å². The smallest absolute Gasteiger partial charge is 0.259 e. The molecule has 1 aromatic heterocycles. The first-order valence-corrected chi connectivity index (χ1v) is 7.45. The van der Waals surface area contributed by atoms with Gasteiger partial charge in [0.1, 0.15) is 17.5 Å². The van der Waals surface area contributed by atoms with Gasteiger partial charge in [-0.05, 0) is 12.1 Å². The van der Waals surface area contributed by atoms with Gasteiger partial charge in [0.2, 0.25) is 0 Å². The van der Waals surface area contributed by atoms with Gasteiger partial charge in [0.05, 0.1) is 13.2 Å². The van der Waals surface area contributed by atoms with E-state index in [1.165, 1.54) is 11.2 Å². The summed E-state index contributed by atoms with van der Waals surface area (Å²) < 4.78 is 4.96. The third-order valence-corrected chi connectivity index (χ3v) is 3.90. The van der Waals surface area contributed by atoms with E-state index in [2.05, 4.69) is 5.16 Å². The minimum atomic E-state index is -0.776. The summed E-state index contributed by atoms with van der Waals surface area (Å²) in [6.45, 7) is 1.44. The van der Waals surface area contributed by atoms with Crippen LogP contribution in [-0.2, 0) is 0 Å². The molecule has 0 unspecified atom stereocenters. The quantitative estimate of drug-likeness (QED) is 0.842. The Morgan fingerprint density at radius 2 is 1.91 bits per heavy atom. The molecule has 0 aliphatic rings. The molecule has 6 nitrogen and oxygen atoms in total. The zero-order valence-electron chi connectivity index (χ0n) is 13.0. The summed E-state index contributed by atoms with van der Waals surface area (Å²) in [5.74, 6) is -0.302. The number of carbonyl (C=O) groups excluding carboxylic acids is 1. The first-order valence-electron chi connectivity index (χ1n) is 7.08. The zero-order chi connectivity index (χ0) is 17.0. The standard InChI is InChI=1S/C16H19ClN2O4/c1-16(9-20,10-21)8-19(2)15(22)13-7-23-18-14(13)11-3-5-12(17)6-4-11/h3-7,20-21H,8-10H2,1-2H3. The van der Waals surface area contributed by atoms with Crippen LogP contribution in [0.1, 0.15) is 17.3 Å². The first-order chi connectivity index (χ1) is 10.9. The van der Waals surface area contributed by atoms with E-state index in [9.17, 15) is 15.0 Å². The van der Waals surface area contributed by atoms with Gasteiger partial charge in [-0.2, -0.15) is 0 Å². The number of benzene rings is 1. The summed E-state index contributed by atoms with van der Waals surface area (Å²) in [6.07, 6.45) is 1.29. The molecule has 2 rings (SSSR count). The lowest BCUT2D eigenvalue weighted by Gasteiger charge is -2.30. The fraction of sp³-hybridized carbons (Fsp3) is 0.375. The van der Waals surface area contributed by atoms with E-state index in [-0.39, 0.29) is 25.7 Å². The number of hydrogen-bond donors (Lipinski definition) is 2. The summed E-state index contributed by atoms with van der Waals surface area (Å²) in [6, 6.07) is 6.92. The second-order valence-corrected chi connectivity index (χ2v) is 6.31. The number of hydrogen-bond acceptors (Lipinski definition) is 5. The van der Waals surface area contributed by atoms with Crippen LogP contribution >= 0.6 is 11.6 Å². The maximum absolute atomic E-state index is 12.6. The largest absolute Gasteiger partial charge is 0.396 e. The molecule has 2 N–H and O–H groups in total. The molecule has 2 aromatic rings. The summed E-state index contributed by atoms with van der Waals surface area (Å²) in [5, 5.41) is 23.2. The zero-order valence-corrected chi connectivity index (χ0v) is 13.7. The van der Waals surface area contributed by atoms with Crippen LogP contribution in [0.2, 0.25) is 5.02 Å². The minimum Gasteiger partial charge on any atom is -0.396 e. The van der Waals surface area contributed by atoms with E-state index in [0.717, 1.165) is 0 Å². The van der Waals surface area contributed by atoms with Crippen molar-refractivity contribution in [3.63, 3.8) is 0 Å². The molecule has 124 valence electrons. The highest BCUT2D eigenvalue weighted by Gasteiger charge is 2.28. The van der Waals surface area contributed by atoms with Crippen LogP contribution in [0.25, 0.3) is 11.3 Å². The number of carbonyl (C=O) groups is 1. The lowest BCUT2D eigenvalue weighted by molar-refractivity contribution is 0.0366. The molecule has 1 amide bonds. The van der Waals surface area contributed by atoms with E-state index < -0.39 is 5.41 Å². The molecule has 0 aliphatic carbocycles. The molecule has 0 fully saturated rings. The Kier molecular flexibility index (Phi) is 5.41. The van der Waals surface area contributed by atoms with Crippen LogP contribution in [-0.4, -0.2) is 53.0 Å². The van der Waals surface area contributed by atoms with Gasteiger partial charge < -0.3 is 19.6 Å². The molecule has 0 saturated heterocycles. The third-order valence-electron chi connectivity index (χ3n) is 3.65. The monoisotopic (exact) mass is 338 g/mol. The Morgan fingerprint density at radius 1 is 1.30 bits per heavy atom. The molecule has 0 atom stereocenters. The second kappa shape index (κ2) is 7.12. The molecule has 1 heterocycles. The van der Waals surface area contributed by atoms with E-state index in [1.54, 1.807) is 38.2 Å². The van der Waals surface area contributed by atoms with Gasteiger partial charge in [-0.25, -0.2) is 0 Å². The number of halogens is 1. The Morgan fingerprint density at radius 3 is 2.48 bits per heavy atom. The number of rotatable bonds is 6. The van der Waals surface area contributed by atoms with E-state index in [4.69, 9.17) is 16.1 Å². The fourth-order valence-corrected chi connectivity index (χ4v) is 2.33. The molecule has 7 heteroatoms. The first kappa shape index (κ1) is 17.5. The number of amides is 1. The predicted molar refractivity (Wildman–Crippen MR) is 86.2 cm³/mol. The highest BCUT2D eigenvalue weighted by Crippen LogP contribution is 2.25. The number of nitrogens with zero attached hydrogens (tertiary/aromatic N) is 2. The summed E-state index contributed by atoms with van der Waals surface area (Å²) in [5.41, 5.74) is 0.676. The number of aliphatic hydroxyl groups excluding tert-OH is 2. The van der Waals surface area contributed by atoms with Crippen LogP contribution in [0, 0.1) is 5.41 Å². The average Bonchev–Trinajstić information content (AvgIpc) is 3.04. The lowest BCUT2D eigenvalue weighted by Crippen LogP contribution is -2.41. The Balaban J connectivity index is 2.24. The molecular formula is C16H19ClN2O4. The molecule has 0 radical (unpaired) electrons. The summed E-state index contributed by atoms with van der Waals surface area (Å²) >= 11 is 5.86. The maximum atomic E-state index is 12.6. The highest BCUT2D eigenvalue weighted by molar-refractivity contribution is 6.30. The summed E-state index contributed by atoms with van der Waals surface area (Å²) in [4.78, 5) is 14.0. The van der Waals surface area contributed by atoms with Gasteiger partial charge in [-0.1, -0.05) is 35.8 Å². The van der Waals surface area contributed by atoms with Crippen molar-refractivity contribution in [2.75, 3.05) is 26.8 Å². The van der Waals surface area contributed by atoms with E-state index in [1.807, 2.05) is 0 Å². The number of aromatic nitrogens is 1. The normalized spacial score (nSPS) is 11.5. The Hall–Kier alpha value is -1.89. The van der Waals surface area contributed by atoms with Gasteiger partial charge >= 0.3 is 0 Å².